The Balaban J connectivity index is 0.00000288. The lowest BCUT2D eigenvalue weighted by Crippen LogP contribution is -2.37. The van der Waals surface area contributed by atoms with E-state index in [4.69, 9.17) is 0 Å². The lowest BCUT2D eigenvalue weighted by Gasteiger charge is -2.18. The first-order chi connectivity index (χ1) is 11.1. The molecule has 7 nitrogen and oxygen atoms in total. The number of hydrogen-bond acceptors (Lipinski definition) is 5. The first-order valence-corrected chi connectivity index (χ1v) is 7.90. The van der Waals surface area contributed by atoms with Crippen LogP contribution in [0.15, 0.2) is 30.3 Å². The van der Waals surface area contributed by atoms with Crippen molar-refractivity contribution < 1.29 is 4.79 Å². The Morgan fingerprint density at radius 3 is 2.54 bits per heavy atom. The van der Waals surface area contributed by atoms with Crippen LogP contribution in [0.5, 0.6) is 0 Å². The summed E-state index contributed by atoms with van der Waals surface area (Å²) in [5.41, 5.74) is 0.885. The van der Waals surface area contributed by atoms with Gasteiger partial charge in [0.1, 0.15) is 0 Å². The Kier molecular flexibility index (Phi) is 8.35. The van der Waals surface area contributed by atoms with Crippen molar-refractivity contribution in [2.75, 3.05) is 20.1 Å². The predicted octanol–water partition coefficient (Wildman–Crippen LogP) is 1.68. The highest BCUT2D eigenvalue weighted by Gasteiger charge is 2.26. The third kappa shape index (κ3) is 5.28. The number of rotatable bonds is 8. The topological polar surface area (TPSA) is 84.7 Å². The quantitative estimate of drug-likeness (QED) is 0.706. The number of nitrogens with one attached hydrogen (secondary N) is 2. The predicted molar refractivity (Wildman–Crippen MR) is 95.9 cm³/mol. The number of amides is 1. The summed E-state index contributed by atoms with van der Waals surface area (Å²) in [6, 6.07) is 9.15. The minimum atomic E-state index is -0.463. The highest BCUT2D eigenvalue weighted by atomic mass is 35.5. The SMILES string of the molecule is CNCCCNC(=O)C(C(C)C)n1nnc(-c2ccccc2)n1.Cl. The number of tetrazole rings is 1. The van der Waals surface area contributed by atoms with Crippen molar-refractivity contribution in [2.24, 2.45) is 5.92 Å². The summed E-state index contributed by atoms with van der Waals surface area (Å²) >= 11 is 0. The highest BCUT2D eigenvalue weighted by molar-refractivity contribution is 5.85. The van der Waals surface area contributed by atoms with Crippen LogP contribution in [0.2, 0.25) is 0 Å². The second-order valence-electron chi connectivity index (χ2n) is 5.74. The molecule has 0 fully saturated rings. The average Bonchev–Trinajstić information content (AvgIpc) is 3.02. The summed E-state index contributed by atoms with van der Waals surface area (Å²) in [6.07, 6.45) is 0.882. The second-order valence-corrected chi connectivity index (χ2v) is 5.74. The molecule has 0 saturated carbocycles. The molecule has 1 amide bonds. The molecule has 8 heteroatoms. The fourth-order valence-corrected chi connectivity index (χ4v) is 2.30. The van der Waals surface area contributed by atoms with Crippen LogP contribution in [0, 0.1) is 5.92 Å². The molecular weight excluding hydrogens is 328 g/mol. The van der Waals surface area contributed by atoms with Gasteiger partial charge >= 0.3 is 0 Å². The first kappa shape index (κ1) is 20.1. The van der Waals surface area contributed by atoms with E-state index >= 15 is 0 Å². The van der Waals surface area contributed by atoms with E-state index < -0.39 is 6.04 Å². The Morgan fingerprint density at radius 1 is 1.21 bits per heavy atom. The summed E-state index contributed by atoms with van der Waals surface area (Å²) in [5, 5.41) is 18.5. The molecule has 1 aromatic carbocycles. The summed E-state index contributed by atoms with van der Waals surface area (Å²) < 4.78 is 0. The van der Waals surface area contributed by atoms with Crippen LogP contribution in [-0.2, 0) is 4.79 Å². The van der Waals surface area contributed by atoms with E-state index in [1.807, 2.05) is 51.2 Å². The largest absolute Gasteiger partial charge is 0.354 e. The van der Waals surface area contributed by atoms with Gasteiger partial charge in [0.15, 0.2) is 6.04 Å². The van der Waals surface area contributed by atoms with E-state index in [0.29, 0.717) is 12.4 Å². The fraction of sp³-hybridized carbons (Fsp3) is 0.500. The third-order valence-corrected chi connectivity index (χ3v) is 3.51. The lowest BCUT2D eigenvalue weighted by atomic mass is 10.0. The van der Waals surface area contributed by atoms with Crippen molar-refractivity contribution in [1.82, 2.24) is 30.8 Å². The van der Waals surface area contributed by atoms with Gasteiger partial charge < -0.3 is 10.6 Å². The number of nitrogens with zero attached hydrogens (tertiary/aromatic N) is 4. The molecule has 2 N–H and O–H groups in total. The Morgan fingerprint density at radius 2 is 1.92 bits per heavy atom. The summed E-state index contributed by atoms with van der Waals surface area (Å²) in [6.45, 7) is 5.45. The molecule has 2 aromatic rings. The lowest BCUT2D eigenvalue weighted by molar-refractivity contribution is -0.126. The third-order valence-electron chi connectivity index (χ3n) is 3.51. The van der Waals surface area contributed by atoms with Crippen molar-refractivity contribution in [3.63, 3.8) is 0 Å². The van der Waals surface area contributed by atoms with Gasteiger partial charge in [0.2, 0.25) is 11.7 Å². The zero-order valence-corrected chi connectivity index (χ0v) is 15.1. The van der Waals surface area contributed by atoms with Gasteiger partial charge in [0.25, 0.3) is 0 Å². The zero-order chi connectivity index (χ0) is 16.7. The van der Waals surface area contributed by atoms with Gasteiger partial charge in [-0.3, -0.25) is 4.79 Å². The molecule has 1 unspecified atom stereocenters. The number of halogens is 1. The molecule has 0 spiro atoms. The minimum Gasteiger partial charge on any atom is -0.354 e. The van der Waals surface area contributed by atoms with Crippen LogP contribution in [-0.4, -0.2) is 46.3 Å². The molecule has 1 aromatic heterocycles. The van der Waals surface area contributed by atoms with Crippen molar-refractivity contribution in [2.45, 2.75) is 26.3 Å². The maximum absolute atomic E-state index is 12.4. The van der Waals surface area contributed by atoms with Crippen molar-refractivity contribution in [3.05, 3.63) is 30.3 Å². The summed E-state index contributed by atoms with van der Waals surface area (Å²) in [7, 11) is 1.89. The van der Waals surface area contributed by atoms with Crippen LogP contribution < -0.4 is 10.6 Å². The van der Waals surface area contributed by atoms with Crippen LogP contribution in [0.3, 0.4) is 0 Å². The number of hydrogen-bond donors (Lipinski definition) is 2. The number of carbonyl (C=O) groups is 1. The van der Waals surface area contributed by atoms with Gasteiger partial charge in [0, 0.05) is 12.1 Å². The highest BCUT2D eigenvalue weighted by Crippen LogP contribution is 2.18. The molecule has 132 valence electrons. The molecule has 24 heavy (non-hydrogen) atoms. The van der Waals surface area contributed by atoms with Crippen molar-refractivity contribution in [3.8, 4) is 11.4 Å². The van der Waals surface area contributed by atoms with E-state index in [1.54, 1.807) is 0 Å². The Bertz CT molecular complexity index is 616. The van der Waals surface area contributed by atoms with Gasteiger partial charge in [-0.15, -0.1) is 22.6 Å². The molecule has 2 rings (SSSR count). The maximum atomic E-state index is 12.4. The average molecular weight is 353 g/mol. The second kappa shape index (κ2) is 10.00. The number of carbonyl (C=O) groups excluding carboxylic acids is 1. The van der Waals surface area contributed by atoms with Crippen LogP contribution in [0.4, 0.5) is 0 Å². The molecular formula is C16H25ClN6O. The number of benzene rings is 1. The standard InChI is InChI=1S/C16H24N6O.ClH/c1-12(2)14(16(23)18-11-7-10-17-3)22-20-15(19-21-22)13-8-5-4-6-9-13;/h4-6,8-9,12,14,17H,7,10-11H2,1-3H3,(H,18,23);1H. The van der Waals surface area contributed by atoms with Gasteiger partial charge in [-0.1, -0.05) is 44.2 Å². The molecule has 0 aliphatic heterocycles. The van der Waals surface area contributed by atoms with Gasteiger partial charge in [0.05, 0.1) is 0 Å². The minimum absolute atomic E-state index is 0. The smallest absolute Gasteiger partial charge is 0.247 e. The van der Waals surface area contributed by atoms with E-state index in [9.17, 15) is 4.79 Å². The van der Waals surface area contributed by atoms with E-state index in [0.717, 1.165) is 18.5 Å². The summed E-state index contributed by atoms with van der Waals surface area (Å²) in [5.74, 6) is 0.518. The van der Waals surface area contributed by atoms with Gasteiger partial charge in [-0.05, 0) is 31.1 Å². The van der Waals surface area contributed by atoms with E-state index in [2.05, 4.69) is 26.0 Å². The number of aromatic nitrogens is 4. The van der Waals surface area contributed by atoms with Gasteiger partial charge in [-0.2, -0.15) is 4.80 Å². The maximum Gasteiger partial charge on any atom is 0.247 e. The Hall–Kier alpha value is -1.99. The molecule has 0 aliphatic rings. The molecule has 1 atom stereocenters. The fourth-order valence-electron chi connectivity index (χ4n) is 2.30. The van der Waals surface area contributed by atoms with E-state index in [1.165, 1.54) is 4.80 Å². The van der Waals surface area contributed by atoms with Crippen molar-refractivity contribution in [1.29, 1.82) is 0 Å². The van der Waals surface area contributed by atoms with Crippen LogP contribution in [0.1, 0.15) is 26.3 Å². The summed E-state index contributed by atoms with van der Waals surface area (Å²) in [4.78, 5) is 13.9. The van der Waals surface area contributed by atoms with Crippen LogP contribution in [0.25, 0.3) is 11.4 Å². The monoisotopic (exact) mass is 352 g/mol. The zero-order valence-electron chi connectivity index (χ0n) is 14.3. The molecule has 0 radical (unpaired) electrons. The van der Waals surface area contributed by atoms with E-state index in [-0.39, 0.29) is 24.2 Å². The Labute approximate surface area is 148 Å². The van der Waals surface area contributed by atoms with Crippen molar-refractivity contribution >= 4 is 18.3 Å². The van der Waals surface area contributed by atoms with Crippen LogP contribution >= 0.6 is 12.4 Å². The molecule has 0 aliphatic carbocycles. The normalized spacial score (nSPS) is 11.8. The molecule has 0 saturated heterocycles. The van der Waals surface area contributed by atoms with Gasteiger partial charge in [-0.25, -0.2) is 0 Å². The first-order valence-electron chi connectivity index (χ1n) is 7.90. The molecule has 0 bridgehead atoms. The molecule has 1 heterocycles.